The van der Waals surface area contributed by atoms with Crippen molar-refractivity contribution in [2.45, 2.75) is 37.8 Å². The molecule has 6 rings (SSSR count). The zero-order valence-corrected chi connectivity index (χ0v) is 17.6. The number of fused-ring (bicyclic) bond motifs is 3. The lowest BCUT2D eigenvalue weighted by atomic mass is 9.74. The van der Waals surface area contributed by atoms with Gasteiger partial charge in [-0.3, -0.25) is 0 Å². The molecule has 5 nitrogen and oxygen atoms in total. The molecule has 2 aromatic rings. The van der Waals surface area contributed by atoms with Crippen molar-refractivity contribution in [3.8, 4) is 17.2 Å². The van der Waals surface area contributed by atoms with Crippen molar-refractivity contribution in [3.05, 3.63) is 82.5 Å². The third-order valence-corrected chi connectivity index (χ3v) is 7.38. The van der Waals surface area contributed by atoms with Gasteiger partial charge in [-0.05, 0) is 72.6 Å². The Bertz CT molecular complexity index is 1250. The van der Waals surface area contributed by atoms with Gasteiger partial charge in [-0.1, -0.05) is 42.0 Å². The summed E-state index contributed by atoms with van der Waals surface area (Å²) in [5.74, 6) is 0.421. The van der Waals surface area contributed by atoms with Crippen LogP contribution in [-0.2, 0) is 17.0 Å². The maximum atomic E-state index is 9.31. The fourth-order valence-electron chi connectivity index (χ4n) is 5.93. The van der Waals surface area contributed by atoms with Gasteiger partial charge in [-0.25, -0.2) is 14.9 Å². The highest BCUT2D eigenvalue weighted by molar-refractivity contribution is 5.79. The van der Waals surface area contributed by atoms with Crippen molar-refractivity contribution in [1.82, 2.24) is 5.06 Å². The van der Waals surface area contributed by atoms with E-state index >= 15 is 0 Å². The van der Waals surface area contributed by atoms with E-state index in [1.54, 1.807) is 10.6 Å². The van der Waals surface area contributed by atoms with Crippen molar-refractivity contribution >= 4 is 5.96 Å². The Labute approximate surface area is 182 Å². The van der Waals surface area contributed by atoms with Crippen LogP contribution in [0.25, 0.3) is 11.1 Å². The minimum absolute atomic E-state index is 0.156. The second-order valence-corrected chi connectivity index (χ2v) is 9.15. The summed E-state index contributed by atoms with van der Waals surface area (Å²) in [6.45, 7) is 0. The highest BCUT2D eigenvalue weighted by atomic mass is 16.7. The van der Waals surface area contributed by atoms with E-state index in [0.29, 0.717) is 11.5 Å². The lowest BCUT2D eigenvalue weighted by Crippen LogP contribution is -2.42. The van der Waals surface area contributed by atoms with Crippen LogP contribution < -0.4 is 5.73 Å². The largest absolute Gasteiger partial charge is 0.368 e. The number of guanidine groups is 1. The summed E-state index contributed by atoms with van der Waals surface area (Å²) < 4.78 is 0. The van der Waals surface area contributed by atoms with Gasteiger partial charge in [0.2, 0.25) is 11.7 Å². The minimum atomic E-state index is -0.810. The predicted molar refractivity (Wildman–Crippen MR) is 120 cm³/mol. The smallest absolute Gasteiger partial charge is 0.221 e. The van der Waals surface area contributed by atoms with Crippen molar-refractivity contribution in [1.29, 1.82) is 5.26 Å². The molecule has 4 aliphatic rings. The number of hydroxylamine groups is 2. The van der Waals surface area contributed by atoms with Crippen molar-refractivity contribution < 1.29 is 4.84 Å². The Morgan fingerprint density at radius 2 is 2.00 bits per heavy atom. The number of hydrogen-bond donors (Lipinski definition) is 1. The fraction of sp³-hybridized carbons (Fsp3) is 0.308. The molecule has 2 N–H and O–H groups in total. The van der Waals surface area contributed by atoms with E-state index in [-0.39, 0.29) is 5.41 Å². The number of hydrogen-bond acceptors (Lipinski definition) is 5. The predicted octanol–water partition coefficient (Wildman–Crippen LogP) is 4.55. The van der Waals surface area contributed by atoms with Crippen molar-refractivity contribution in [3.63, 3.8) is 0 Å². The second-order valence-electron chi connectivity index (χ2n) is 9.15. The van der Waals surface area contributed by atoms with Gasteiger partial charge in [0.25, 0.3) is 0 Å². The van der Waals surface area contributed by atoms with Crippen LogP contribution in [0.4, 0.5) is 0 Å². The summed E-state index contributed by atoms with van der Waals surface area (Å²) >= 11 is 0. The van der Waals surface area contributed by atoms with Crippen LogP contribution in [0.15, 0.2) is 70.8 Å². The normalized spacial score (nSPS) is 28.3. The molecule has 1 aliphatic heterocycles. The van der Waals surface area contributed by atoms with Crippen LogP contribution >= 0.6 is 0 Å². The van der Waals surface area contributed by atoms with Gasteiger partial charge in [0, 0.05) is 18.0 Å². The quantitative estimate of drug-likeness (QED) is 0.751. The monoisotopic (exact) mass is 408 g/mol. The Morgan fingerprint density at radius 3 is 2.77 bits per heavy atom. The van der Waals surface area contributed by atoms with E-state index in [1.165, 1.54) is 11.1 Å². The van der Waals surface area contributed by atoms with Crippen molar-refractivity contribution in [2.75, 3.05) is 7.05 Å². The Kier molecular flexibility index (Phi) is 3.75. The summed E-state index contributed by atoms with van der Waals surface area (Å²) in [7, 11) is 1.84. The summed E-state index contributed by atoms with van der Waals surface area (Å²) in [6, 6.07) is 16.5. The number of nitriles is 1. The van der Waals surface area contributed by atoms with Crippen LogP contribution in [0.3, 0.4) is 0 Å². The number of rotatable bonds is 1. The highest BCUT2D eigenvalue weighted by Gasteiger charge is 2.64. The first-order chi connectivity index (χ1) is 15.0. The van der Waals surface area contributed by atoms with Gasteiger partial charge in [0.15, 0.2) is 0 Å². The molecule has 5 heteroatoms. The lowest BCUT2D eigenvalue weighted by Gasteiger charge is -2.38. The summed E-state index contributed by atoms with van der Waals surface area (Å²) in [4.78, 5) is 11.5. The summed E-state index contributed by atoms with van der Waals surface area (Å²) in [6.07, 6.45) is 9.69. The van der Waals surface area contributed by atoms with E-state index in [0.717, 1.165) is 48.8 Å². The Balaban J connectivity index is 1.50. The highest BCUT2D eigenvalue weighted by Crippen LogP contribution is 2.64. The molecule has 0 saturated carbocycles. The van der Waals surface area contributed by atoms with Gasteiger partial charge in [-0.15, -0.1) is 0 Å². The van der Waals surface area contributed by atoms with Crippen LogP contribution in [0.1, 0.15) is 42.4 Å². The third-order valence-electron chi connectivity index (χ3n) is 7.38. The average Bonchev–Trinajstić information content (AvgIpc) is 3.40. The average molecular weight is 409 g/mol. The number of nitrogens with two attached hydrogens (primary N) is 1. The first-order valence-electron chi connectivity index (χ1n) is 10.8. The standard InChI is InChI=1S/C26H24N4O/c1-30-24(28)29-26(31-30)23-12-19(18-8-4-5-17(11-18)16-27)9-10-22(23)15-25(26)13-20-6-2-3-7-21(20)14-25/h2,4-6,8-12H,3,7,13-15H2,1H3,(H2,28,29). The Hall–Kier alpha value is -3.36. The molecule has 0 radical (unpaired) electrons. The third kappa shape index (κ3) is 2.49. The second kappa shape index (κ2) is 6.32. The topological polar surface area (TPSA) is 74.6 Å². The first-order valence-corrected chi connectivity index (χ1v) is 10.8. The maximum absolute atomic E-state index is 9.31. The maximum Gasteiger partial charge on any atom is 0.221 e. The van der Waals surface area contributed by atoms with E-state index in [4.69, 9.17) is 15.6 Å². The molecular formula is C26H24N4O. The van der Waals surface area contributed by atoms with Gasteiger partial charge >= 0.3 is 0 Å². The summed E-state index contributed by atoms with van der Waals surface area (Å²) in [5.41, 5.74) is 13.4. The lowest BCUT2D eigenvalue weighted by molar-refractivity contribution is -0.219. The molecule has 0 saturated heterocycles. The van der Waals surface area contributed by atoms with Crippen LogP contribution in [0.2, 0.25) is 0 Å². The molecule has 0 fully saturated rings. The SMILES string of the molecule is CN1OC2(N=C1N)c1cc(-c3cccc(C#N)c3)ccc1CC21CC2=C(CCC=C2)C1. The van der Waals surface area contributed by atoms with Crippen LogP contribution in [0.5, 0.6) is 0 Å². The molecule has 0 bridgehead atoms. The molecule has 2 spiro atoms. The molecule has 2 unspecified atom stereocenters. The van der Waals surface area contributed by atoms with E-state index in [9.17, 15) is 5.26 Å². The number of aliphatic imine (C=N–C) groups is 1. The van der Waals surface area contributed by atoms with Crippen LogP contribution in [0, 0.1) is 16.7 Å². The summed E-state index contributed by atoms with van der Waals surface area (Å²) in [5, 5.41) is 10.9. The molecule has 0 aromatic heterocycles. The van der Waals surface area contributed by atoms with Gasteiger partial charge < -0.3 is 5.73 Å². The van der Waals surface area contributed by atoms with Crippen molar-refractivity contribution in [2.24, 2.45) is 16.1 Å². The molecule has 0 amide bonds. The van der Waals surface area contributed by atoms with E-state index in [1.807, 2.05) is 31.3 Å². The number of allylic oxidation sites excluding steroid dienone is 4. The van der Waals surface area contributed by atoms with Crippen LogP contribution in [-0.4, -0.2) is 18.1 Å². The van der Waals surface area contributed by atoms with Gasteiger partial charge in [-0.2, -0.15) is 5.26 Å². The minimum Gasteiger partial charge on any atom is -0.368 e. The molecule has 1 heterocycles. The first kappa shape index (κ1) is 18.4. The van der Waals surface area contributed by atoms with E-state index < -0.39 is 5.72 Å². The van der Waals surface area contributed by atoms with Gasteiger partial charge in [0.1, 0.15) is 0 Å². The molecule has 31 heavy (non-hydrogen) atoms. The fourth-order valence-corrected chi connectivity index (χ4v) is 5.93. The molecule has 2 aromatic carbocycles. The Morgan fingerprint density at radius 1 is 1.13 bits per heavy atom. The molecule has 2 atom stereocenters. The van der Waals surface area contributed by atoms with Gasteiger partial charge in [0.05, 0.1) is 11.6 Å². The zero-order valence-electron chi connectivity index (χ0n) is 17.6. The molecule has 3 aliphatic carbocycles. The molecule has 154 valence electrons. The number of benzene rings is 2. The zero-order chi connectivity index (χ0) is 21.2. The number of nitrogens with zero attached hydrogens (tertiary/aromatic N) is 3. The molecular weight excluding hydrogens is 384 g/mol. The van der Waals surface area contributed by atoms with E-state index in [2.05, 4.69) is 36.4 Å².